The highest BCUT2D eigenvalue weighted by Crippen LogP contribution is 2.24. The summed E-state index contributed by atoms with van der Waals surface area (Å²) in [6.45, 7) is 2.18. The molecule has 7 heteroatoms. The molecule has 170 valence electrons. The van der Waals surface area contributed by atoms with Gasteiger partial charge in [0.1, 0.15) is 5.65 Å². The zero-order chi connectivity index (χ0) is 23.5. The number of thioether (sulfide) groups is 1. The van der Waals surface area contributed by atoms with E-state index in [2.05, 4.69) is 24.0 Å². The third-order valence-electron chi connectivity index (χ3n) is 5.73. The van der Waals surface area contributed by atoms with E-state index in [9.17, 15) is 9.59 Å². The van der Waals surface area contributed by atoms with E-state index < -0.39 is 0 Å². The van der Waals surface area contributed by atoms with Crippen LogP contribution in [0.15, 0.2) is 93.7 Å². The number of hydrogen-bond acceptors (Lipinski definition) is 5. The third-order valence-corrected chi connectivity index (χ3v) is 6.70. The van der Waals surface area contributed by atoms with Gasteiger partial charge in [-0.15, -0.1) is 0 Å². The molecule has 0 amide bonds. The number of pyridine rings is 1. The molecule has 34 heavy (non-hydrogen) atoms. The SMILES string of the molecule is CCCCc1ccc(-n2c(SCc3cc(=O)n4ccccc4n3)nc3ccccc3c2=O)cc1. The predicted octanol–water partition coefficient (Wildman–Crippen LogP) is 5.03. The fourth-order valence-electron chi connectivity index (χ4n) is 3.94. The van der Waals surface area contributed by atoms with E-state index in [4.69, 9.17) is 4.98 Å². The van der Waals surface area contributed by atoms with E-state index in [0.29, 0.717) is 33.2 Å². The van der Waals surface area contributed by atoms with Crippen molar-refractivity contribution in [1.29, 1.82) is 0 Å². The summed E-state index contributed by atoms with van der Waals surface area (Å²) in [5, 5.41) is 1.14. The van der Waals surface area contributed by atoms with Crippen molar-refractivity contribution < 1.29 is 0 Å². The fraction of sp³-hybridized carbons (Fsp3) is 0.185. The summed E-state index contributed by atoms with van der Waals surface area (Å²) in [5.41, 5.74) is 3.67. The summed E-state index contributed by atoms with van der Waals surface area (Å²) >= 11 is 1.40. The van der Waals surface area contributed by atoms with Gasteiger partial charge in [0.25, 0.3) is 11.1 Å². The second-order valence-electron chi connectivity index (χ2n) is 8.13. The van der Waals surface area contributed by atoms with E-state index in [0.717, 1.165) is 24.9 Å². The number of aryl methyl sites for hydroxylation is 1. The standard InChI is InChI=1S/C27H24N4O2S/c1-2-3-8-19-12-14-21(15-13-19)31-26(33)22-9-4-5-10-23(22)29-27(31)34-18-20-17-25(32)30-16-7-6-11-24(30)28-20/h4-7,9-17H,2-3,8,18H2,1H3. The van der Waals surface area contributed by atoms with Crippen LogP contribution >= 0.6 is 11.8 Å². The Labute approximate surface area is 200 Å². The van der Waals surface area contributed by atoms with Crippen molar-refractivity contribution in [2.45, 2.75) is 37.1 Å². The minimum absolute atomic E-state index is 0.110. The molecule has 0 unspecified atom stereocenters. The quantitative estimate of drug-likeness (QED) is 0.248. The molecular weight excluding hydrogens is 444 g/mol. The molecule has 0 N–H and O–H groups in total. The molecule has 0 saturated heterocycles. The second kappa shape index (κ2) is 9.65. The molecule has 5 aromatic rings. The number of rotatable bonds is 7. The number of benzene rings is 2. The van der Waals surface area contributed by atoms with Gasteiger partial charge in [0.05, 0.1) is 22.3 Å². The normalized spacial score (nSPS) is 11.3. The molecule has 6 nitrogen and oxygen atoms in total. The monoisotopic (exact) mass is 468 g/mol. The van der Waals surface area contributed by atoms with Crippen LogP contribution < -0.4 is 11.1 Å². The van der Waals surface area contributed by atoms with Crippen LogP contribution in [0.2, 0.25) is 0 Å². The first-order valence-corrected chi connectivity index (χ1v) is 12.3. The Morgan fingerprint density at radius 1 is 0.912 bits per heavy atom. The van der Waals surface area contributed by atoms with Crippen molar-refractivity contribution in [3.8, 4) is 5.69 Å². The lowest BCUT2D eigenvalue weighted by atomic mass is 10.1. The van der Waals surface area contributed by atoms with Crippen LogP contribution in [0.5, 0.6) is 0 Å². The van der Waals surface area contributed by atoms with Gasteiger partial charge in [0.2, 0.25) is 0 Å². The van der Waals surface area contributed by atoms with Crippen LogP contribution in [-0.4, -0.2) is 18.9 Å². The first-order valence-electron chi connectivity index (χ1n) is 11.4. The Bertz CT molecular complexity index is 1590. The summed E-state index contributed by atoms with van der Waals surface area (Å²) in [7, 11) is 0. The van der Waals surface area contributed by atoms with E-state index in [-0.39, 0.29) is 11.1 Å². The average molecular weight is 469 g/mol. The van der Waals surface area contributed by atoms with E-state index in [1.165, 1.54) is 27.8 Å². The van der Waals surface area contributed by atoms with E-state index in [1.54, 1.807) is 29.0 Å². The summed E-state index contributed by atoms with van der Waals surface area (Å²) in [4.78, 5) is 35.4. The average Bonchev–Trinajstić information content (AvgIpc) is 2.87. The van der Waals surface area contributed by atoms with Crippen LogP contribution in [0, 0.1) is 0 Å². The Hall–Kier alpha value is -3.71. The zero-order valence-electron chi connectivity index (χ0n) is 18.8. The third kappa shape index (κ3) is 4.39. The van der Waals surface area contributed by atoms with Gasteiger partial charge in [-0.3, -0.25) is 18.6 Å². The lowest BCUT2D eigenvalue weighted by Crippen LogP contribution is -2.22. The lowest BCUT2D eigenvalue weighted by Gasteiger charge is -2.14. The minimum Gasteiger partial charge on any atom is -0.269 e. The topological polar surface area (TPSA) is 69.3 Å². The summed E-state index contributed by atoms with van der Waals surface area (Å²) in [5.74, 6) is 0.417. The van der Waals surface area contributed by atoms with Crippen molar-refractivity contribution in [1.82, 2.24) is 18.9 Å². The molecule has 0 spiro atoms. The molecule has 0 aliphatic carbocycles. The van der Waals surface area contributed by atoms with Crippen molar-refractivity contribution in [3.63, 3.8) is 0 Å². The molecule has 0 fully saturated rings. The van der Waals surface area contributed by atoms with Gasteiger partial charge in [-0.2, -0.15) is 0 Å². The molecule has 5 rings (SSSR count). The van der Waals surface area contributed by atoms with E-state index in [1.807, 2.05) is 36.4 Å². The summed E-state index contributed by atoms with van der Waals surface area (Å²) < 4.78 is 3.17. The largest absolute Gasteiger partial charge is 0.269 e. The first-order chi connectivity index (χ1) is 16.6. The Kier molecular flexibility index (Phi) is 6.27. The van der Waals surface area contributed by atoms with Crippen LogP contribution in [0.25, 0.3) is 22.2 Å². The van der Waals surface area contributed by atoms with Gasteiger partial charge in [0.15, 0.2) is 5.16 Å². The predicted molar refractivity (Wildman–Crippen MR) is 137 cm³/mol. The molecule has 0 aliphatic heterocycles. The van der Waals surface area contributed by atoms with Gasteiger partial charge in [-0.05, 0) is 54.8 Å². The highest BCUT2D eigenvalue weighted by molar-refractivity contribution is 7.98. The van der Waals surface area contributed by atoms with Crippen molar-refractivity contribution >= 4 is 28.3 Å². The molecule has 2 aromatic carbocycles. The van der Waals surface area contributed by atoms with E-state index >= 15 is 0 Å². The smallest absolute Gasteiger partial charge is 0.266 e. The van der Waals surface area contributed by atoms with Gasteiger partial charge in [-0.25, -0.2) is 9.97 Å². The van der Waals surface area contributed by atoms with Crippen LogP contribution in [0.4, 0.5) is 0 Å². The maximum atomic E-state index is 13.5. The Morgan fingerprint density at radius 2 is 1.71 bits per heavy atom. The van der Waals surface area contributed by atoms with Gasteiger partial charge in [-0.1, -0.05) is 55.4 Å². The van der Waals surface area contributed by atoms with Gasteiger partial charge in [0, 0.05) is 18.0 Å². The molecule has 0 bridgehead atoms. The number of nitrogens with zero attached hydrogens (tertiary/aromatic N) is 4. The lowest BCUT2D eigenvalue weighted by molar-refractivity contribution is 0.791. The van der Waals surface area contributed by atoms with Gasteiger partial charge < -0.3 is 0 Å². The van der Waals surface area contributed by atoms with Crippen molar-refractivity contribution in [2.75, 3.05) is 0 Å². The molecule has 0 saturated carbocycles. The summed E-state index contributed by atoms with van der Waals surface area (Å²) in [6.07, 6.45) is 5.00. The van der Waals surface area contributed by atoms with Crippen LogP contribution in [0.1, 0.15) is 31.0 Å². The first kappa shape index (κ1) is 22.1. The molecule has 3 heterocycles. The maximum Gasteiger partial charge on any atom is 0.266 e. The summed E-state index contributed by atoms with van der Waals surface area (Å²) in [6, 6.07) is 22.5. The van der Waals surface area contributed by atoms with Crippen molar-refractivity contribution in [3.05, 3.63) is 111 Å². The highest BCUT2D eigenvalue weighted by atomic mass is 32.2. The van der Waals surface area contributed by atoms with Crippen molar-refractivity contribution in [2.24, 2.45) is 0 Å². The van der Waals surface area contributed by atoms with Crippen LogP contribution in [-0.2, 0) is 12.2 Å². The molecule has 3 aromatic heterocycles. The zero-order valence-corrected chi connectivity index (χ0v) is 19.7. The maximum absolute atomic E-state index is 13.5. The minimum atomic E-state index is -0.132. The molecule has 0 radical (unpaired) electrons. The second-order valence-corrected chi connectivity index (χ2v) is 9.07. The van der Waals surface area contributed by atoms with Gasteiger partial charge >= 0.3 is 0 Å². The Balaban J connectivity index is 1.55. The molecule has 0 aliphatic rings. The fourth-order valence-corrected chi connectivity index (χ4v) is 4.85. The highest BCUT2D eigenvalue weighted by Gasteiger charge is 2.14. The van der Waals surface area contributed by atoms with Crippen LogP contribution in [0.3, 0.4) is 0 Å². The number of para-hydroxylation sites is 1. The Morgan fingerprint density at radius 3 is 2.53 bits per heavy atom. The molecule has 0 atom stereocenters. The number of hydrogen-bond donors (Lipinski definition) is 0. The number of aromatic nitrogens is 4. The molecular formula is C27H24N4O2S. The number of unbranched alkanes of at least 4 members (excludes halogenated alkanes) is 1. The number of fused-ring (bicyclic) bond motifs is 2.